The highest BCUT2D eigenvalue weighted by molar-refractivity contribution is 6.00. The molecule has 2 aromatic carbocycles. The molecule has 3 N–H and O–H groups in total. The number of aliphatic hydroxyl groups excluding tert-OH is 1. The van der Waals surface area contributed by atoms with E-state index in [-0.39, 0.29) is 12.7 Å². The number of nitrogens with zero attached hydrogens (tertiary/aromatic N) is 4. The number of nitrogens with two attached hydrogens (primary N) is 1. The lowest BCUT2D eigenvalue weighted by Gasteiger charge is -2.39. The summed E-state index contributed by atoms with van der Waals surface area (Å²) in [5, 5.41) is 10.6. The van der Waals surface area contributed by atoms with Crippen molar-refractivity contribution in [1.29, 1.82) is 0 Å². The molecular formula is C31H35N5O2. The summed E-state index contributed by atoms with van der Waals surface area (Å²) in [5.41, 5.74) is 12.0. The van der Waals surface area contributed by atoms with Gasteiger partial charge in [0.2, 0.25) is 0 Å². The van der Waals surface area contributed by atoms with E-state index < -0.39 is 0 Å². The number of hydrogen-bond acceptors (Lipinski definition) is 6. The summed E-state index contributed by atoms with van der Waals surface area (Å²) in [4.78, 5) is 11.5. The van der Waals surface area contributed by atoms with E-state index in [1.54, 1.807) is 6.33 Å². The van der Waals surface area contributed by atoms with Crippen molar-refractivity contribution in [3.05, 3.63) is 72.2 Å². The van der Waals surface area contributed by atoms with Gasteiger partial charge in [-0.15, -0.1) is 0 Å². The minimum atomic E-state index is 0.0710. The first-order valence-electron chi connectivity index (χ1n) is 14.0. The number of rotatable bonds is 6. The molecule has 1 saturated carbocycles. The van der Waals surface area contributed by atoms with E-state index >= 15 is 0 Å². The Bertz CT molecular complexity index is 1450. The number of hydrogen-bond donors (Lipinski definition) is 2. The zero-order valence-electron chi connectivity index (χ0n) is 21.7. The number of aliphatic hydroxyl groups is 1. The number of aromatic nitrogens is 3. The van der Waals surface area contributed by atoms with Gasteiger partial charge in [0, 0.05) is 30.4 Å². The van der Waals surface area contributed by atoms with Crippen LogP contribution < -0.4 is 10.5 Å². The van der Waals surface area contributed by atoms with Crippen LogP contribution in [-0.4, -0.2) is 50.3 Å². The highest BCUT2D eigenvalue weighted by atomic mass is 16.5. The third-order valence-electron chi connectivity index (χ3n) is 8.94. The SMILES string of the molecule is Nc1ncnc2c1c(-c1ccc3c(c1)O[C@@H](c1ccccc1)CC3)cn2C1CC(CN2CCCC2CO)C1. The summed E-state index contributed by atoms with van der Waals surface area (Å²) in [6.07, 6.45) is 10.4. The summed E-state index contributed by atoms with van der Waals surface area (Å²) >= 11 is 0. The van der Waals surface area contributed by atoms with E-state index in [9.17, 15) is 5.11 Å². The molecule has 4 aromatic rings. The number of fused-ring (bicyclic) bond motifs is 2. The van der Waals surface area contributed by atoms with Crippen LogP contribution in [0.2, 0.25) is 0 Å². The van der Waals surface area contributed by atoms with Gasteiger partial charge in [0.15, 0.2) is 0 Å². The van der Waals surface area contributed by atoms with Crippen LogP contribution in [0.15, 0.2) is 61.1 Å². The summed E-state index contributed by atoms with van der Waals surface area (Å²) in [5.74, 6) is 2.12. The highest BCUT2D eigenvalue weighted by Gasteiger charge is 2.36. The third kappa shape index (κ3) is 4.14. The molecule has 1 aliphatic carbocycles. The van der Waals surface area contributed by atoms with Crippen LogP contribution >= 0.6 is 0 Å². The Hall–Kier alpha value is -3.42. The van der Waals surface area contributed by atoms with Gasteiger partial charge in [0.1, 0.15) is 29.6 Å². The Labute approximate surface area is 223 Å². The van der Waals surface area contributed by atoms with Crippen molar-refractivity contribution in [2.75, 3.05) is 25.4 Å². The van der Waals surface area contributed by atoms with Gasteiger partial charge in [-0.1, -0.05) is 42.5 Å². The fraction of sp³-hybridized carbons (Fsp3) is 0.419. The Morgan fingerprint density at radius 3 is 2.76 bits per heavy atom. The Kier molecular flexibility index (Phi) is 6.05. The summed E-state index contributed by atoms with van der Waals surface area (Å²) in [6, 6.07) is 17.8. The van der Waals surface area contributed by atoms with Crippen LogP contribution in [0.5, 0.6) is 5.75 Å². The number of benzene rings is 2. The van der Waals surface area contributed by atoms with Gasteiger partial charge in [-0.05, 0) is 73.7 Å². The molecule has 2 aliphatic heterocycles. The largest absolute Gasteiger partial charge is 0.485 e. The molecule has 7 rings (SSSR count). The van der Waals surface area contributed by atoms with Crippen molar-refractivity contribution < 1.29 is 9.84 Å². The second-order valence-electron chi connectivity index (χ2n) is 11.3. The first-order valence-corrected chi connectivity index (χ1v) is 14.0. The Balaban J connectivity index is 1.16. The number of aryl methyl sites for hydroxylation is 1. The smallest absolute Gasteiger partial charge is 0.146 e. The lowest BCUT2D eigenvalue weighted by Crippen LogP contribution is -2.40. The molecule has 3 aliphatic rings. The second-order valence-corrected chi connectivity index (χ2v) is 11.3. The van der Waals surface area contributed by atoms with Crippen LogP contribution in [0.4, 0.5) is 5.82 Å². The molecule has 2 atom stereocenters. The second kappa shape index (κ2) is 9.71. The van der Waals surface area contributed by atoms with Crippen LogP contribution in [0.1, 0.15) is 55.4 Å². The Morgan fingerprint density at radius 2 is 1.92 bits per heavy atom. The predicted octanol–water partition coefficient (Wildman–Crippen LogP) is 5.15. The van der Waals surface area contributed by atoms with Crippen molar-refractivity contribution in [2.24, 2.45) is 5.92 Å². The Morgan fingerprint density at radius 1 is 1.05 bits per heavy atom. The summed E-state index contributed by atoms with van der Waals surface area (Å²) < 4.78 is 8.83. The van der Waals surface area contributed by atoms with Gasteiger partial charge in [-0.2, -0.15) is 0 Å². The van der Waals surface area contributed by atoms with Gasteiger partial charge in [-0.3, -0.25) is 4.90 Å². The average Bonchev–Trinajstić information content (AvgIpc) is 3.55. The zero-order valence-corrected chi connectivity index (χ0v) is 21.7. The van der Waals surface area contributed by atoms with Crippen LogP contribution in [0.25, 0.3) is 22.2 Å². The number of anilines is 1. The fourth-order valence-corrected chi connectivity index (χ4v) is 6.80. The molecular weight excluding hydrogens is 474 g/mol. The number of nitrogen functional groups attached to an aromatic ring is 1. The highest BCUT2D eigenvalue weighted by Crippen LogP contribution is 2.45. The molecule has 196 valence electrons. The van der Waals surface area contributed by atoms with Gasteiger partial charge >= 0.3 is 0 Å². The van der Waals surface area contributed by atoms with E-state index in [0.29, 0.717) is 23.8 Å². The first-order chi connectivity index (χ1) is 18.7. The maximum atomic E-state index is 9.69. The molecule has 0 radical (unpaired) electrons. The monoisotopic (exact) mass is 509 g/mol. The predicted molar refractivity (Wildman–Crippen MR) is 149 cm³/mol. The molecule has 1 saturated heterocycles. The van der Waals surface area contributed by atoms with Crippen LogP contribution in [0, 0.1) is 5.92 Å². The van der Waals surface area contributed by atoms with Gasteiger partial charge < -0.3 is 20.1 Å². The zero-order chi connectivity index (χ0) is 25.6. The van der Waals surface area contributed by atoms with Gasteiger partial charge in [-0.25, -0.2) is 9.97 Å². The normalized spacial score (nSPS) is 25.2. The molecule has 0 spiro atoms. The lowest BCUT2D eigenvalue weighted by molar-refractivity contribution is 0.0970. The maximum absolute atomic E-state index is 9.69. The molecule has 1 unspecified atom stereocenters. The van der Waals surface area contributed by atoms with Crippen molar-refractivity contribution in [2.45, 2.75) is 56.7 Å². The number of ether oxygens (including phenoxy) is 1. The summed E-state index contributed by atoms with van der Waals surface area (Å²) in [6.45, 7) is 2.46. The van der Waals surface area contributed by atoms with E-state index in [4.69, 9.17) is 10.5 Å². The van der Waals surface area contributed by atoms with E-state index in [0.717, 1.165) is 73.1 Å². The maximum Gasteiger partial charge on any atom is 0.146 e. The molecule has 7 nitrogen and oxygen atoms in total. The van der Waals surface area contributed by atoms with Crippen LogP contribution in [0.3, 0.4) is 0 Å². The van der Waals surface area contributed by atoms with Crippen LogP contribution in [-0.2, 0) is 6.42 Å². The standard InChI is InChI=1S/C31H35N5O2/c32-30-29-26(23-9-8-22-10-11-27(38-28(22)15-23)21-5-2-1-3-6-21)17-36(31(29)34-19-33-30)25-13-20(14-25)16-35-12-4-7-24(35)18-37/h1-3,5-6,8-9,15,17,19-20,24-25,27,37H,4,7,10-14,16,18H2,(H2,32,33,34)/t20?,24?,25?,27-/m1/s1. The van der Waals surface area contributed by atoms with Crippen molar-refractivity contribution in [1.82, 2.24) is 19.4 Å². The summed E-state index contributed by atoms with van der Waals surface area (Å²) in [7, 11) is 0. The van der Waals surface area contributed by atoms with E-state index in [1.165, 1.54) is 17.5 Å². The molecule has 0 bridgehead atoms. The lowest BCUT2D eigenvalue weighted by atomic mass is 9.79. The first kappa shape index (κ1) is 23.7. The minimum absolute atomic E-state index is 0.0710. The molecule has 38 heavy (non-hydrogen) atoms. The molecule has 0 amide bonds. The third-order valence-corrected chi connectivity index (χ3v) is 8.94. The number of likely N-dealkylation sites (tertiary alicyclic amines) is 1. The topological polar surface area (TPSA) is 89.4 Å². The van der Waals surface area contributed by atoms with Crippen molar-refractivity contribution in [3.63, 3.8) is 0 Å². The quantitative estimate of drug-likeness (QED) is 0.373. The van der Waals surface area contributed by atoms with E-state index in [1.807, 2.05) is 6.07 Å². The van der Waals surface area contributed by atoms with Gasteiger partial charge in [0.25, 0.3) is 0 Å². The average molecular weight is 510 g/mol. The van der Waals surface area contributed by atoms with Crippen molar-refractivity contribution >= 4 is 16.9 Å². The molecule has 2 aromatic heterocycles. The van der Waals surface area contributed by atoms with E-state index in [2.05, 4.69) is 68.1 Å². The molecule has 7 heteroatoms. The van der Waals surface area contributed by atoms with Crippen molar-refractivity contribution in [3.8, 4) is 16.9 Å². The fourth-order valence-electron chi connectivity index (χ4n) is 6.80. The minimum Gasteiger partial charge on any atom is -0.485 e. The molecule has 2 fully saturated rings. The molecule has 4 heterocycles. The van der Waals surface area contributed by atoms with Gasteiger partial charge in [0.05, 0.1) is 12.0 Å².